The van der Waals surface area contributed by atoms with E-state index in [9.17, 15) is 4.79 Å². The van der Waals surface area contributed by atoms with E-state index >= 15 is 0 Å². The quantitative estimate of drug-likeness (QED) is 0.787. The third-order valence-corrected chi connectivity index (χ3v) is 2.79. The van der Waals surface area contributed by atoms with Gasteiger partial charge in [0.2, 0.25) is 0 Å². The lowest BCUT2D eigenvalue weighted by Crippen LogP contribution is -2.38. The number of hydrogen-bond donors (Lipinski definition) is 3. The Balaban J connectivity index is 2.83. The minimum atomic E-state index is -0.406. The van der Waals surface area contributed by atoms with Gasteiger partial charge in [-0.2, -0.15) is 0 Å². The molecule has 1 rings (SSSR count). The molecule has 2 amide bonds. The standard InChI is InChI=1S/C12H17ClN2O3/c1-7-4-10(11(18-3)5-9(7)13)15-12(17)14-8(2)6-16/h4-5,8,16H,6H2,1-3H3,(H2,14,15,17)/t8-/m0/s1. The first-order chi connectivity index (χ1) is 8.47. The molecular formula is C12H17ClN2O3. The number of rotatable bonds is 4. The molecule has 0 unspecified atom stereocenters. The van der Waals surface area contributed by atoms with Gasteiger partial charge in [-0.3, -0.25) is 0 Å². The van der Waals surface area contributed by atoms with E-state index in [-0.39, 0.29) is 12.6 Å². The molecule has 0 fully saturated rings. The Bertz CT molecular complexity index is 438. The minimum absolute atomic E-state index is 0.121. The maximum absolute atomic E-state index is 11.6. The summed E-state index contributed by atoms with van der Waals surface area (Å²) >= 11 is 5.97. The number of aliphatic hydroxyl groups excluding tert-OH is 1. The van der Waals surface area contributed by atoms with E-state index in [2.05, 4.69) is 10.6 Å². The normalized spacial score (nSPS) is 11.8. The molecule has 0 heterocycles. The number of anilines is 1. The van der Waals surface area contributed by atoms with Gasteiger partial charge in [-0.05, 0) is 25.5 Å². The summed E-state index contributed by atoms with van der Waals surface area (Å²) in [5.41, 5.74) is 1.37. The molecule has 0 bridgehead atoms. The number of benzene rings is 1. The van der Waals surface area contributed by atoms with Crippen LogP contribution in [0.4, 0.5) is 10.5 Å². The van der Waals surface area contributed by atoms with Crippen molar-refractivity contribution in [3.8, 4) is 5.75 Å². The van der Waals surface area contributed by atoms with Crippen LogP contribution < -0.4 is 15.4 Å². The first-order valence-corrected chi connectivity index (χ1v) is 5.88. The molecule has 0 spiro atoms. The van der Waals surface area contributed by atoms with Crippen LogP contribution in [0.15, 0.2) is 12.1 Å². The first-order valence-electron chi connectivity index (χ1n) is 5.50. The third-order valence-electron chi connectivity index (χ3n) is 2.38. The zero-order valence-electron chi connectivity index (χ0n) is 10.6. The number of halogens is 1. The molecule has 0 saturated carbocycles. The fourth-order valence-corrected chi connectivity index (χ4v) is 1.51. The van der Waals surface area contributed by atoms with E-state index < -0.39 is 6.03 Å². The zero-order chi connectivity index (χ0) is 13.7. The number of carbonyl (C=O) groups excluding carboxylic acids is 1. The molecule has 5 nitrogen and oxygen atoms in total. The van der Waals surface area contributed by atoms with Gasteiger partial charge in [0.05, 0.1) is 25.4 Å². The molecule has 0 radical (unpaired) electrons. The summed E-state index contributed by atoms with van der Waals surface area (Å²) in [4.78, 5) is 11.6. The van der Waals surface area contributed by atoms with Gasteiger partial charge < -0.3 is 20.5 Å². The summed E-state index contributed by atoms with van der Waals surface area (Å²) in [7, 11) is 1.50. The Labute approximate surface area is 111 Å². The zero-order valence-corrected chi connectivity index (χ0v) is 11.3. The highest BCUT2D eigenvalue weighted by molar-refractivity contribution is 6.31. The lowest BCUT2D eigenvalue weighted by Gasteiger charge is -2.15. The highest BCUT2D eigenvalue weighted by atomic mass is 35.5. The predicted octanol–water partition coefficient (Wildman–Crippen LogP) is 2.16. The molecule has 1 atom stereocenters. The number of aryl methyl sites for hydroxylation is 1. The first kappa shape index (κ1) is 14.6. The van der Waals surface area contributed by atoms with Crippen LogP contribution >= 0.6 is 11.6 Å². The molecule has 0 aliphatic rings. The number of methoxy groups -OCH3 is 1. The van der Waals surface area contributed by atoms with Crippen LogP contribution in [0.5, 0.6) is 5.75 Å². The number of amides is 2. The molecule has 0 saturated heterocycles. The van der Waals surface area contributed by atoms with E-state index in [1.54, 1.807) is 19.1 Å². The van der Waals surface area contributed by atoms with Crippen molar-refractivity contribution in [2.45, 2.75) is 19.9 Å². The summed E-state index contributed by atoms with van der Waals surface area (Å²) in [5, 5.41) is 14.6. The van der Waals surface area contributed by atoms with Gasteiger partial charge in [0.1, 0.15) is 5.75 Å². The van der Waals surface area contributed by atoms with E-state index in [0.717, 1.165) is 5.56 Å². The van der Waals surface area contributed by atoms with E-state index in [4.69, 9.17) is 21.4 Å². The van der Waals surface area contributed by atoms with E-state index in [1.165, 1.54) is 7.11 Å². The Morgan fingerprint density at radius 2 is 2.22 bits per heavy atom. The molecule has 0 aromatic heterocycles. The lowest BCUT2D eigenvalue weighted by molar-refractivity contribution is 0.229. The smallest absolute Gasteiger partial charge is 0.319 e. The average molecular weight is 273 g/mol. The summed E-state index contributed by atoms with van der Waals surface area (Å²) < 4.78 is 5.14. The molecule has 6 heteroatoms. The Hall–Kier alpha value is -1.46. The minimum Gasteiger partial charge on any atom is -0.495 e. The largest absolute Gasteiger partial charge is 0.495 e. The van der Waals surface area contributed by atoms with Crippen molar-refractivity contribution in [1.29, 1.82) is 0 Å². The summed E-state index contributed by atoms with van der Waals surface area (Å²) in [6, 6.07) is 2.65. The summed E-state index contributed by atoms with van der Waals surface area (Å²) in [6.07, 6.45) is 0. The van der Waals surface area contributed by atoms with Crippen LogP contribution in [0.3, 0.4) is 0 Å². The highest BCUT2D eigenvalue weighted by Gasteiger charge is 2.11. The van der Waals surface area contributed by atoms with Crippen LogP contribution in [0.2, 0.25) is 5.02 Å². The molecule has 0 aliphatic heterocycles. The van der Waals surface area contributed by atoms with Gasteiger partial charge in [-0.1, -0.05) is 11.6 Å². The fraction of sp³-hybridized carbons (Fsp3) is 0.417. The van der Waals surface area contributed by atoms with Crippen LogP contribution in [0.1, 0.15) is 12.5 Å². The van der Waals surface area contributed by atoms with Gasteiger partial charge in [0.25, 0.3) is 0 Å². The van der Waals surface area contributed by atoms with Gasteiger partial charge >= 0.3 is 6.03 Å². The van der Waals surface area contributed by atoms with Crippen molar-refractivity contribution < 1.29 is 14.6 Å². The Morgan fingerprint density at radius 1 is 1.56 bits per heavy atom. The van der Waals surface area contributed by atoms with Crippen LogP contribution in [0.25, 0.3) is 0 Å². The molecule has 0 aliphatic carbocycles. The van der Waals surface area contributed by atoms with E-state index in [0.29, 0.717) is 16.5 Å². The van der Waals surface area contributed by atoms with Crippen molar-refractivity contribution in [2.24, 2.45) is 0 Å². The second-order valence-corrected chi connectivity index (χ2v) is 4.39. The van der Waals surface area contributed by atoms with Crippen molar-refractivity contribution in [3.63, 3.8) is 0 Å². The molecular weight excluding hydrogens is 256 g/mol. The molecule has 3 N–H and O–H groups in total. The maximum Gasteiger partial charge on any atom is 0.319 e. The number of nitrogens with one attached hydrogen (secondary N) is 2. The molecule has 100 valence electrons. The van der Waals surface area contributed by atoms with Crippen LogP contribution in [-0.2, 0) is 0 Å². The van der Waals surface area contributed by atoms with Crippen LogP contribution in [0, 0.1) is 6.92 Å². The second kappa shape index (κ2) is 6.47. The van der Waals surface area contributed by atoms with Crippen molar-refractivity contribution in [2.75, 3.05) is 19.0 Å². The topological polar surface area (TPSA) is 70.6 Å². The number of urea groups is 1. The van der Waals surface area contributed by atoms with Crippen LogP contribution in [-0.4, -0.2) is 30.9 Å². The van der Waals surface area contributed by atoms with Crippen molar-refractivity contribution >= 4 is 23.3 Å². The molecule has 18 heavy (non-hydrogen) atoms. The highest BCUT2D eigenvalue weighted by Crippen LogP contribution is 2.30. The monoisotopic (exact) mass is 272 g/mol. The fourth-order valence-electron chi connectivity index (χ4n) is 1.36. The average Bonchev–Trinajstić information content (AvgIpc) is 2.33. The van der Waals surface area contributed by atoms with Gasteiger partial charge in [-0.15, -0.1) is 0 Å². The van der Waals surface area contributed by atoms with Crippen molar-refractivity contribution in [1.82, 2.24) is 5.32 Å². The predicted molar refractivity (Wildman–Crippen MR) is 71.4 cm³/mol. The second-order valence-electron chi connectivity index (χ2n) is 3.98. The Morgan fingerprint density at radius 3 is 2.78 bits per heavy atom. The third kappa shape index (κ3) is 3.78. The molecule has 1 aromatic carbocycles. The maximum atomic E-state index is 11.6. The van der Waals surface area contributed by atoms with Crippen molar-refractivity contribution in [3.05, 3.63) is 22.7 Å². The summed E-state index contributed by atoms with van der Waals surface area (Å²) in [6.45, 7) is 3.41. The Kier molecular flexibility index (Phi) is 5.25. The number of carbonyl (C=O) groups is 1. The van der Waals surface area contributed by atoms with Gasteiger partial charge in [-0.25, -0.2) is 4.79 Å². The summed E-state index contributed by atoms with van der Waals surface area (Å²) in [5.74, 6) is 0.484. The SMILES string of the molecule is COc1cc(Cl)c(C)cc1NC(=O)N[C@@H](C)CO. The van der Waals surface area contributed by atoms with Gasteiger partial charge in [0, 0.05) is 11.1 Å². The number of ether oxygens (including phenoxy) is 1. The van der Waals surface area contributed by atoms with Gasteiger partial charge in [0.15, 0.2) is 0 Å². The van der Waals surface area contributed by atoms with E-state index in [1.807, 2.05) is 6.92 Å². The number of aliphatic hydroxyl groups is 1. The number of hydrogen-bond acceptors (Lipinski definition) is 3. The lowest BCUT2D eigenvalue weighted by atomic mass is 10.2. The molecule has 1 aromatic rings.